The highest BCUT2D eigenvalue weighted by atomic mass is 16.6. The van der Waals surface area contributed by atoms with Crippen molar-refractivity contribution in [2.24, 2.45) is 22.7 Å². The predicted octanol–water partition coefficient (Wildman–Crippen LogP) is 4.81. The third-order valence-electron chi connectivity index (χ3n) is 7.70. The van der Waals surface area contributed by atoms with E-state index in [1.807, 2.05) is 6.92 Å². The van der Waals surface area contributed by atoms with Gasteiger partial charge in [-0.2, -0.15) is 0 Å². The highest BCUT2D eigenvalue weighted by molar-refractivity contribution is 5.93. The number of Topliss-reactive ketones (excluding diaryl/α,β-unsaturated/α-hetero) is 1. The molecule has 1 heterocycles. The third-order valence-corrected chi connectivity index (χ3v) is 7.70. The van der Waals surface area contributed by atoms with Gasteiger partial charge in [0.1, 0.15) is 18.0 Å². The van der Waals surface area contributed by atoms with Gasteiger partial charge in [-0.3, -0.25) is 9.59 Å². The van der Waals surface area contributed by atoms with E-state index in [2.05, 4.69) is 20.8 Å². The first-order chi connectivity index (χ1) is 12.0. The van der Waals surface area contributed by atoms with Crippen molar-refractivity contribution >= 4 is 11.8 Å². The molecule has 0 aromatic carbocycles. The standard InChI is InChI=1S/C22H34O4/c1-14(23)17-12-19-21(6)10-7-9-20(4,5)18(21)8-11-22(19,26-15(17)2)13-25-16(3)24/h18-19H,7-13H2,1-6H3/t18-,19+,21-,22+/m0/s1. The van der Waals surface area contributed by atoms with Crippen LogP contribution >= 0.6 is 0 Å². The number of hydrogen-bond donors (Lipinski definition) is 0. The second kappa shape index (κ2) is 6.38. The minimum absolute atomic E-state index is 0.0988. The minimum atomic E-state index is -0.493. The lowest BCUT2D eigenvalue weighted by Gasteiger charge is -2.63. The van der Waals surface area contributed by atoms with Crippen molar-refractivity contribution in [2.45, 2.75) is 85.7 Å². The molecule has 2 fully saturated rings. The molecular formula is C22H34O4. The molecule has 2 saturated carbocycles. The molecule has 0 spiro atoms. The van der Waals surface area contributed by atoms with E-state index in [0.29, 0.717) is 11.3 Å². The Morgan fingerprint density at radius 3 is 2.42 bits per heavy atom. The van der Waals surface area contributed by atoms with E-state index in [1.54, 1.807) is 6.92 Å². The van der Waals surface area contributed by atoms with Crippen LogP contribution in [0.25, 0.3) is 0 Å². The Balaban J connectivity index is 2.05. The smallest absolute Gasteiger partial charge is 0.302 e. The number of rotatable bonds is 3. The quantitative estimate of drug-likeness (QED) is 0.676. The lowest BCUT2D eigenvalue weighted by atomic mass is 9.44. The monoisotopic (exact) mass is 362 g/mol. The Labute approximate surface area is 157 Å². The molecule has 4 nitrogen and oxygen atoms in total. The van der Waals surface area contributed by atoms with E-state index in [1.165, 1.54) is 19.8 Å². The summed E-state index contributed by atoms with van der Waals surface area (Å²) >= 11 is 0. The summed E-state index contributed by atoms with van der Waals surface area (Å²) in [6, 6.07) is 0. The van der Waals surface area contributed by atoms with Crippen molar-refractivity contribution in [2.75, 3.05) is 6.61 Å². The van der Waals surface area contributed by atoms with Crippen molar-refractivity contribution in [3.63, 3.8) is 0 Å². The molecule has 146 valence electrons. The van der Waals surface area contributed by atoms with E-state index in [4.69, 9.17) is 9.47 Å². The summed E-state index contributed by atoms with van der Waals surface area (Å²) < 4.78 is 12.0. The molecule has 3 aliphatic rings. The zero-order chi connectivity index (χ0) is 19.3. The van der Waals surface area contributed by atoms with Crippen LogP contribution in [-0.2, 0) is 19.1 Å². The summed E-state index contributed by atoms with van der Waals surface area (Å²) in [7, 11) is 0. The Morgan fingerprint density at radius 2 is 1.81 bits per heavy atom. The average molecular weight is 363 g/mol. The van der Waals surface area contributed by atoms with E-state index >= 15 is 0 Å². The summed E-state index contributed by atoms with van der Waals surface area (Å²) in [5.74, 6) is 1.36. The number of carbonyl (C=O) groups is 2. The molecular weight excluding hydrogens is 328 g/mol. The number of allylic oxidation sites excluding steroid dienone is 2. The highest BCUT2D eigenvalue weighted by Gasteiger charge is 2.62. The first-order valence-electron chi connectivity index (χ1n) is 10.0. The number of esters is 1. The maximum absolute atomic E-state index is 12.2. The molecule has 0 N–H and O–H groups in total. The van der Waals surface area contributed by atoms with Gasteiger partial charge in [0, 0.05) is 18.4 Å². The topological polar surface area (TPSA) is 52.6 Å². The molecule has 0 saturated heterocycles. The predicted molar refractivity (Wildman–Crippen MR) is 100 cm³/mol. The maximum Gasteiger partial charge on any atom is 0.302 e. The fourth-order valence-electron chi connectivity index (χ4n) is 6.54. The molecule has 3 rings (SSSR count). The maximum atomic E-state index is 12.2. The first kappa shape index (κ1) is 19.4. The van der Waals surface area contributed by atoms with Crippen LogP contribution in [0.4, 0.5) is 0 Å². The van der Waals surface area contributed by atoms with Crippen molar-refractivity contribution in [3.8, 4) is 0 Å². The van der Waals surface area contributed by atoms with Gasteiger partial charge in [0.25, 0.3) is 0 Å². The Morgan fingerprint density at radius 1 is 1.12 bits per heavy atom. The van der Waals surface area contributed by atoms with Gasteiger partial charge in [-0.25, -0.2) is 0 Å². The highest BCUT2D eigenvalue weighted by Crippen LogP contribution is 2.65. The van der Waals surface area contributed by atoms with Crippen molar-refractivity contribution in [1.82, 2.24) is 0 Å². The fraction of sp³-hybridized carbons (Fsp3) is 0.818. The van der Waals surface area contributed by atoms with Crippen molar-refractivity contribution in [3.05, 3.63) is 11.3 Å². The summed E-state index contributed by atoms with van der Waals surface area (Å²) in [6.45, 7) is 12.5. The lowest BCUT2D eigenvalue weighted by Crippen LogP contribution is -2.62. The van der Waals surface area contributed by atoms with Crippen LogP contribution < -0.4 is 0 Å². The SMILES string of the molecule is CC(=O)OC[C@]12CC[C@H]3C(C)(C)CCC[C@]3(C)[C@H]1CC(C(C)=O)=C(C)O2. The second-order valence-electron chi connectivity index (χ2n) is 9.73. The first-order valence-corrected chi connectivity index (χ1v) is 10.0. The summed E-state index contributed by atoms with van der Waals surface area (Å²) in [4.78, 5) is 23.8. The molecule has 4 heteroatoms. The zero-order valence-electron chi connectivity index (χ0n) is 17.2. The van der Waals surface area contributed by atoms with Crippen molar-refractivity contribution in [1.29, 1.82) is 0 Å². The van der Waals surface area contributed by atoms with Crippen LogP contribution in [0.3, 0.4) is 0 Å². The van der Waals surface area contributed by atoms with Crippen LogP contribution in [0.15, 0.2) is 11.3 Å². The second-order valence-corrected chi connectivity index (χ2v) is 9.73. The van der Waals surface area contributed by atoms with Gasteiger partial charge in [-0.05, 0) is 62.7 Å². The fourth-order valence-corrected chi connectivity index (χ4v) is 6.54. The number of hydrogen-bond acceptors (Lipinski definition) is 4. The molecule has 0 unspecified atom stereocenters. The largest absolute Gasteiger partial charge is 0.488 e. The van der Waals surface area contributed by atoms with Crippen molar-refractivity contribution < 1.29 is 19.1 Å². The molecule has 0 aromatic rings. The Bertz CT molecular complexity index is 647. The van der Waals surface area contributed by atoms with Crippen LogP contribution in [-0.4, -0.2) is 24.0 Å². The van der Waals surface area contributed by atoms with Gasteiger partial charge in [0.2, 0.25) is 0 Å². The van der Waals surface area contributed by atoms with Crippen LogP contribution in [0.5, 0.6) is 0 Å². The molecule has 0 aromatic heterocycles. The normalized spacial score (nSPS) is 38.7. The molecule has 0 bridgehead atoms. The van der Waals surface area contributed by atoms with Crippen LogP contribution in [0.2, 0.25) is 0 Å². The van der Waals surface area contributed by atoms with E-state index in [9.17, 15) is 9.59 Å². The number of carbonyl (C=O) groups excluding carboxylic acids is 2. The van der Waals surface area contributed by atoms with Crippen LogP contribution in [0, 0.1) is 22.7 Å². The third kappa shape index (κ3) is 2.99. The minimum Gasteiger partial charge on any atom is -0.488 e. The van der Waals surface area contributed by atoms with Gasteiger partial charge in [0.05, 0.1) is 0 Å². The van der Waals surface area contributed by atoms with Gasteiger partial charge in [0.15, 0.2) is 5.78 Å². The molecule has 1 aliphatic heterocycles. The molecule has 26 heavy (non-hydrogen) atoms. The average Bonchev–Trinajstić information content (AvgIpc) is 2.51. The van der Waals surface area contributed by atoms with Gasteiger partial charge >= 0.3 is 5.97 Å². The van der Waals surface area contributed by atoms with Gasteiger partial charge in [-0.15, -0.1) is 0 Å². The molecule has 4 atom stereocenters. The Kier molecular flexibility index (Phi) is 4.77. The number of ketones is 1. The van der Waals surface area contributed by atoms with Gasteiger partial charge < -0.3 is 9.47 Å². The summed E-state index contributed by atoms with van der Waals surface area (Å²) in [6.07, 6.45) is 6.33. The summed E-state index contributed by atoms with van der Waals surface area (Å²) in [5, 5.41) is 0. The molecule has 0 radical (unpaired) electrons. The zero-order valence-corrected chi connectivity index (χ0v) is 17.2. The molecule has 0 amide bonds. The van der Waals surface area contributed by atoms with E-state index in [-0.39, 0.29) is 29.7 Å². The lowest BCUT2D eigenvalue weighted by molar-refractivity contribution is -0.212. The van der Waals surface area contributed by atoms with Crippen LogP contribution in [0.1, 0.15) is 80.1 Å². The van der Waals surface area contributed by atoms with E-state index < -0.39 is 5.60 Å². The van der Waals surface area contributed by atoms with E-state index in [0.717, 1.165) is 37.0 Å². The number of fused-ring (bicyclic) bond motifs is 3. The summed E-state index contributed by atoms with van der Waals surface area (Å²) in [5.41, 5.74) is 0.723. The number of ether oxygens (including phenoxy) is 2. The molecule has 2 aliphatic carbocycles. The Hall–Kier alpha value is -1.32. The van der Waals surface area contributed by atoms with Gasteiger partial charge in [-0.1, -0.05) is 27.2 Å².